The number of oxime groups is 1. The second-order valence-corrected chi connectivity index (χ2v) is 5.55. The summed E-state index contributed by atoms with van der Waals surface area (Å²) < 4.78 is 0. The number of nitrogens with zero attached hydrogens (tertiary/aromatic N) is 1. The van der Waals surface area contributed by atoms with Gasteiger partial charge in [-0.25, -0.2) is 4.79 Å². The average Bonchev–Trinajstić information content (AvgIpc) is 2.46. The van der Waals surface area contributed by atoms with Crippen molar-refractivity contribution in [2.75, 3.05) is 0 Å². The fraction of sp³-hybridized carbons (Fsp3) is 0.412. The highest BCUT2D eigenvalue weighted by Crippen LogP contribution is 2.30. The number of rotatable bonds is 3. The molecular weight excluding hydrogens is 250 g/mol. The molecule has 3 nitrogen and oxygen atoms in total. The molecule has 0 spiro atoms. The Kier molecular flexibility index (Phi) is 4.72. The van der Waals surface area contributed by atoms with Gasteiger partial charge in [0.25, 0.3) is 0 Å². The lowest BCUT2D eigenvalue weighted by atomic mass is 9.79. The van der Waals surface area contributed by atoms with Crippen LogP contribution in [-0.2, 0) is 4.84 Å². The van der Waals surface area contributed by atoms with E-state index in [1.54, 1.807) is 12.1 Å². The van der Waals surface area contributed by atoms with E-state index in [1.165, 1.54) is 5.57 Å². The summed E-state index contributed by atoms with van der Waals surface area (Å²) in [6.45, 7) is 8.20. The predicted molar refractivity (Wildman–Crippen MR) is 80.6 cm³/mol. The molecule has 0 radical (unpaired) electrons. The van der Waals surface area contributed by atoms with Crippen molar-refractivity contribution in [1.29, 1.82) is 0 Å². The van der Waals surface area contributed by atoms with Crippen LogP contribution in [0.2, 0.25) is 0 Å². The second kappa shape index (κ2) is 6.51. The number of carbonyl (C=O) groups is 1. The van der Waals surface area contributed by atoms with Crippen LogP contribution in [0.25, 0.3) is 0 Å². The van der Waals surface area contributed by atoms with Gasteiger partial charge >= 0.3 is 5.97 Å². The maximum atomic E-state index is 11.9. The van der Waals surface area contributed by atoms with E-state index in [4.69, 9.17) is 4.84 Å². The van der Waals surface area contributed by atoms with Crippen molar-refractivity contribution >= 4 is 11.7 Å². The van der Waals surface area contributed by atoms with Gasteiger partial charge in [-0.3, -0.25) is 0 Å². The molecule has 0 saturated heterocycles. The van der Waals surface area contributed by atoms with E-state index in [9.17, 15) is 4.79 Å². The van der Waals surface area contributed by atoms with E-state index in [0.29, 0.717) is 17.4 Å². The van der Waals surface area contributed by atoms with Crippen molar-refractivity contribution in [1.82, 2.24) is 0 Å². The third-order valence-electron chi connectivity index (χ3n) is 3.92. The molecule has 1 aliphatic rings. The van der Waals surface area contributed by atoms with Crippen LogP contribution in [0.15, 0.2) is 47.6 Å². The lowest BCUT2D eigenvalue weighted by molar-refractivity contribution is 0.0511. The Bertz CT molecular complexity index is 519. The molecule has 0 bridgehead atoms. The number of carbonyl (C=O) groups excluding carboxylic acids is 1. The summed E-state index contributed by atoms with van der Waals surface area (Å²) in [6, 6.07) is 8.94. The molecule has 0 amide bonds. The zero-order valence-corrected chi connectivity index (χ0v) is 12.1. The van der Waals surface area contributed by atoms with E-state index in [-0.39, 0.29) is 0 Å². The van der Waals surface area contributed by atoms with Crippen molar-refractivity contribution in [3.63, 3.8) is 0 Å². The summed E-state index contributed by atoms with van der Waals surface area (Å²) in [5.74, 6) is 0.428. The molecule has 1 aromatic carbocycles. The Morgan fingerprint density at radius 1 is 1.30 bits per heavy atom. The minimum atomic E-state index is -0.400. The van der Waals surface area contributed by atoms with Crippen LogP contribution >= 0.6 is 0 Å². The molecule has 3 heteroatoms. The van der Waals surface area contributed by atoms with Gasteiger partial charge in [0.15, 0.2) is 0 Å². The maximum absolute atomic E-state index is 11.9. The Morgan fingerprint density at radius 3 is 2.65 bits per heavy atom. The third kappa shape index (κ3) is 3.56. The second-order valence-electron chi connectivity index (χ2n) is 5.55. The Balaban J connectivity index is 2.02. The topological polar surface area (TPSA) is 38.7 Å². The molecule has 1 aliphatic carbocycles. The van der Waals surface area contributed by atoms with Gasteiger partial charge < -0.3 is 4.84 Å². The van der Waals surface area contributed by atoms with Crippen LogP contribution in [0.4, 0.5) is 0 Å². The van der Waals surface area contributed by atoms with Crippen molar-refractivity contribution in [3.8, 4) is 0 Å². The molecule has 1 aromatic rings. The molecule has 2 atom stereocenters. The monoisotopic (exact) mass is 271 g/mol. The van der Waals surface area contributed by atoms with Gasteiger partial charge in [-0.05, 0) is 50.2 Å². The first-order chi connectivity index (χ1) is 9.58. The van der Waals surface area contributed by atoms with Gasteiger partial charge in [-0.2, -0.15) is 0 Å². The van der Waals surface area contributed by atoms with Crippen LogP contribution in [0.1, 0.15) is 43.5 Å². The summed E-state index contributed by atoms with van der Waals surface area (Å²) >= 11 is 0. The number of allylic oxidation sites excluding steroid dienone is 1. The smallest absolute Gasteiger partial charge is 0.313 e. The molecule has 0 N–H and O–H groups in total. The van der Waals surface area contributed by atoms with Gasteiger partial charge in [0, 0.05) is 0 Å². The van der Waals surface area contributed by atoms with E-state index in [1.807, 2.05) is 25.1 Å². The quantitative estimate of drug-likeness (QED) is 0.469. The van der Waals surface area contributed by atoms with Crippen molar-refractivity contribution in [2.45, 2.75) is 33.1 Å². The zero-order valence-electron chi connectivity index (χ0n) is 12.1. The van der Waals surface area contributed by atoms with Gasteiger partial charge in [0.05, 0.1) is 11.3 Å². The Hall–Kier alpha value is -1.90. The summed E-state index contributed by atoms with van der Waals surface area (Å²) in [5.41, 5.74) is 2.67. The molecular formula is C17H21NO2. The number of hydrogen-bond donors (Lipinski definition) is 0. The van der Waals surface area contributed by atoms with E-state index in [2.05, 4.69) is 18.7 Å². The molecule has 2 unspecified atom stereocenters. The molecule has 1 fully saturated rings. The van der Waals surface area contributed by atoms with Gasteiger partial charge in [-0.1, -0.05) is 42.4 Å². The van der Waals surface area contributed by atoms with Gasteiger partial charge in [0.1, 0.15) is 0 Å². The summed E-state index contributed by atoms with van der Waals surface area (Å²) in [5, 5.41) is 4.10. The molecule has 1 saturated carbocycles. The summed E-state index contributed by atoms with van der Waals surface area (Å²) in [4.78, 5) is 16.9. The Morgan fingerprint density at radius 2 is 2.00 bits per heavy atom. The van der Waals surface area contributed by atoms with Crippen LogP contribution < -0.4 is 0 Å². The van der Waals surface area contributed by atoms with E-state index >= 15 is 0 Å². The molecule has 0 heterocycles. The van der Waals surface area contributed by atoms with Crippen LogP contribution in [0.3, 0.4) is 0 Å². The normalized spacial score (nSPS) is 24.4. The number of hydrogen-bond acceptors (Lipinski definition) is 3. The highest BCUT2D eigenvalue weighted by molar-refractivity contribution is 5.91. The van der Waals surface area contributed by atoms with Gasteiger partial charge in [-0.15, -0.1) is 0 Å². The minimum Gasteiger partial charge on any atom is -0.313 e. The molecule has 2 rings (SSSR count). The highest BCUT2D eigenvalue weighted by Gasteiger charge is 2.25. The fourth-order valence-corrected chi connectivity index (χ4v) is 2.45. The third-order valence-corrected chi connectivity index (χ3v) is 3.92. The highest BCUT2D eigenvalue weighted by atomic mass is 16.7. The predicted octanol–water partition coefficient (Wildman–Crippen LogP) is 4.21. The van der Waals surface area contributed by atoms with Crippen LogP contribution in [0.5, 0.6) is 0 Å². The zero-order chi connectivity index (χ0) is 14.5. The van der Waals surface area contributed by atoms with Crippen molar-refractivity contribution < 1.29 is 9.63 Å². The standard InChI is InChI=1S/C17H21NO2/c1-12(2)15-10-9-13(3)16(11-15)18-20-17(19)14-7-5-4-6-8-14/h4-8,13,15H,1,9-11H2,2-3H3. The van der Waals surface area contributed by atoms with E-state index in [0.717, 1.165) is 25.0 Å². The summed E-state index contributed by atoms with van der Waals surface area (Å²) in [6.07, 6.45) is 3.06. The SMILES string of the molecule is C=C(C)C1CCC(C)C(=NOC(=O)c2ccccc2)C1. The minimum absolute atomic E-state index is 0.370. The maximum Gasteiger partial charge on any atom is 0.365 e. The van der Waals surface area contributed by atoms with Crippen LogP contribution in [0, 0.1) is 11.8 Å². The average molecular weight is 271 g/mol. The first-order valence-corrected chi connectivity index (χ1v) is 7.06. The van der Waals surface area contributed by atoms with E-state index < -0.39 is 5.97 Å². The lowest BCUT2D eigenvalue weighted by Crippen LogP contribution is -2.24. The molecule has 106 valence electrons. The fourth-order valence-electron chi connectivity index (χ4n) is 2.45. The molecule has 0 aromatic heterocycles. The molecule has 20 heavy (non-hydrogen) atoms. The number of benzene rings is 1. The molecule has 0 aliphatic heterocycles. The lowest BCUT2D eigenvalue weighted by Gasteiger charge is -2.27. The Labute approximate surface area is 120 Å². The first-order valence-electron chi connectivity index (χ1n) is 7.06. The van der Waals surface area contributed by atoms with Crippen LogP contribution in [-0.4, -0.2) is 11.7 Å². The van der Waals surface area contributed by atoms with Crippen molar-refractivity contribution in [2.24, 2.45) is 17.0 Å². The first kappa shape index (κ1) is 14.5. The largest absolute Gasteiger partial charge is 0.365 e. The van der Waals surface area contributed by atoms with Crippen molar-refractivity contribution in [3.05, 3.63) is 48.0 Å². The summed E-state index contributed by atoms with van der Waals surface area (Å²) in [7, 11) is 0. The van der Waals surface area contributed by atoms with Gasteiger partial charge in [0.2, 0.25) is 0 Å².